The molecule has 0 N–H and O–H groups in total. The first-order chi connectivity index (χ1) is 14.6. The molecule has 3 heterocycles. The average molecular weight is 468 g/mol. The van der Waals surface area contributed by atoms with E-state index in [4.69, 9.17) is 16.3 Å². The lowest BCUT2D eigenvalue weighted by molar-refractivity contribution is 0.161. The van der Waals surface area contributed by atoms with Gasteiger partial charge in [0, 0.05) is 38.7 Å². The standard InChI is InChI=1S/C19H26ClN7O3S/c1-12(10-30-5)27-17(23-24-19(27)16-6-7-26(4)25-16)11-31(28,29)14(3)13(2)18-21-8-15(20)9-22-18/h6-9,12-14H,10-11H2,1-5H3/t12-,13-,14-/m0/s1. The van der Waals surface area contributed by atoms with Crippen molar-refractivity contribution >= 4 is 21.4 Å². The van der Waals surface area contributed by atoms with Gasteiger partial charge in [-0.3, -0.25) is 4.68 Å². The fourth-order valence-corrected chi connectivity index (χ4v) is 4.96. The molecule has 0 fully saturated rings. The van der Waals surface area contributed by atoms with Crippen LogP contribution in [0.5, 0.6) is 0 Å². The minimum absolute atomic E-state index is 0.186. The molecule has 3 rings (SSSR count). The van der Waals surface area contributed by atoms with Crippen LogP contribution in [0.2, 0.25) is 5.02 Å². The van der Waals surface area contributed by atoms with Crippen molar-refractivity contribution in [3.63, 3.8) is 0 Å². The zero-order chi connectivity index (χ0) is 22.8. The average Bonchev–Trinajstić information content (AvgIpc) is 3.33. The number of nitrogens with zero attached hydrogens (tertiary/aromatic N) is 7. The van der Waals surface area contributed by atoms with Crippen molar-refractivity contribution in [3.05, 3.63) is 41.3 Å². The molecule has 10 nitrogen and oxygen atoms in total. The van der Waals surface area contributed by atoms with Crippen molar-refractivity contribution in [2.75, 3.05) is 13.7 Å². The summed E-state index contributed by atoms with van der Waals surface area (Å²) in [4.78, 5) is 8.34. The molecule has 0 aliphatic heterocycles. The smallest absolute Gasteiger partial charge is 0.184 e. The molecule has 0 radical (unpaired) electrons. The Balaban J connectivity index is 1.93. The molecule has 3 aromatic rings. The van der Waals surface area contributed by atoms with Crippen LogP contribution in [0.25, 0.3) is 11.5 Å². The van der Waals surface area contributed by atoms with Crippen molar-refractivity contribution < 1.29 is 13.2 Å². The van der Waals surface area contributed by atoms with Crippen LogP contribution in [-0.2, 0) is 27.4 Å². The van der Waals surface area contributed by atoms with E-state index in [1.807, 2.05) is 6.92 Å². The predicted octanol–water partition coefficient (Wildman–Crippen LogP) is 2.44. The van der Waals surface area contributed by atoms with Gasteiger partial charge in [-0.15, -0.1) is 10.2 Å². The third-order valence-electron chi connectivity index (χ3n) is 5.21. The largest absolute Gasteiger partial charge is 0.383 e. The minimum Gasteiger partial charge on any atom is -0.383 e. The van der Waals surface area contributed by atoms with Gasteiger partial charge in [0.15, 0.2) is 15.7 Å². The number of hydrogen-bond acceptors (Lipinski definition) is 8. The first-order valence-electron chi connectivity index (χ1n) is 9.75. The highest BCUT2D eigenvalue weighted by atomic mass is 35.5. The van der Waals surface area contributed by atoms with Crippen molar-refractivity contribution in [3.8, 4) is 11.5 Å². The van der Waals surface area contributed by atoms with Crippen LogP contribution in [0, 0.1) is 0 Å². The van der Waals surface area contributed by atoms with Crippen molar-refractivity contribution in [2.24, 2.45) is 7.05 Å². The van der Waals surface area contributed by atoms with Crippen molar-refractivity contribution in [1.82, 2.24) is 34.5 Å². The topological polar surface area (TPSA) is 118 Å². The molecular formula is C19H26ClN7O3S. The van der Waals surface area contributed by atoms with Gasteiger partial charge >= 0.3 is 0 Å². The van der Waals surface area contributed by atoms with Gasteiger partial charge in [-0.25, -0.2) is 18.4 Å². The van der Waals surface area contributed by atoms with E-state index in [0.29, 0.717) is 34.8 Å². The van der Waals surface area contributed by atoms with E-state index in [1.165, 1.54) is 12.4 Å². The maximum atomic E-state index is 13.3. The summed E-state index contributed by atoms with van der Waals surface area (Å²) in [6, 6.07) is 1.62. The molecule has 3 aromatic heterocycles. The van der Waals surface area contributed by atoms with Gasteiger partial charge in [0.1, 0.15) is 23.1 Å². The Labute approximate surface area is 186 Å². The lowest BCUT2D eigenvalue weighted by atomic mass is 10.1. The summed E-state index contributed by atoms with van der Waals surface area (Å²) < 4.78 is 35.2. The second-order valence-corrected chi connectivity index (χ2v) is 10.3. The summed E-state index contributed by atoms with van der Waals surface area (Å²) in [7, 11) is -0.216. The highest BCUT2D eigenvalue weighted by Crippen LogP contribution is 2.27. The van der Waals surface area contributed by atoms with Crippen LogP contribution < -0.4 is 0 Å². The molecule has 0 saturated carbocycles. The number of hydrogen-bond donors (Lipinski definition) is 0. The summed E-state index contributed by atoms with van der Waals surface area (Å²) in [5, 5.41) is 12.5. The maximum absolute atomic E-state index is 13.3. The third kappa shape index (κ3) is 5.10. The zero-order valence-electron chi connectivity index (χ0n) is 18.1. The number of aryl methyl sites for hydroxylation is 1. The quantitative estimate of drug-likeness (QED) is 0.470. The summed E-state index contributed by atoms with van der Waals surface area (Å²) in [6.07, 6.45) is 4.71. The van der Waals surface area contributed by atoms with Crippen LogP contribution in [0.1, 0.15) is 44.4 Å². The molecule has 12 heteroatoms. The van der Waals surface area contributed by atoms with Gasteiger partial charge in [-0.2, -0.15) is 5.10 Å². The molecular weight excluding hydrogens is 442 g/mol. The van der Waals surface area contributed by atoms with Crippen LogP contribution in [-0.4, -0.2) is 61.9 Å². The second kappa shape index (κ2) is 9.41. The minimum atomic E-state index is -3.61. The van der Waals surface area contributed by atoms with E-state index in [1.54, 1.807) is 49.5 Å². The van der Waals surface area contributed by atoms with E-state index in [0.717, 1.165) is 0 Å². The lowest BCUT2D eigenvalue weighted by Gasteiger charge is -2.21. The Kier molecular flexibility index (Phi) is 7.07. The van der Waals surface area contributed by atoms with Gasteiger partial charge in [0.05, 0.1) is 22.9 Å². The van der Waals surface area contributed by atoms with E-state index >= 15 is 0 Å². The Hall–Kier alpha value is -2.37. The zero-order valence-corrected chi connectivity index (χ0v) is 19.7. The Bertz CT molecular complexity index is 1130. The molecule has 3 atom stereocenters. The molecule has 0 spiro atoms. The van der Waals surface area contributed by atoms with Gasteiger partial charge < -0.3 is 9.30 Å². The monoisotopic (exact) mass is 467 g/mol. The van der Waals surface area contributed by atoms with Crippen LogP contribution >= 0.6 is 11.6 Å². The molecule has 0 aromatic carbocycles. The Morgan fingerprint density at radius 3 is 2.42 bits per heavy atom. The third-order valence-corrected chi connectivity index (χ3v) is 7.60. The number of halogens is 1. The van der Waals surface area contributed by atoms with E-state index in [-0.39, 0.29) is 11.8 Å². The Morgan fingerprint density at radius 2 is 1.84 bits per heavy atom. The number of rotatable bonds is 9. The number of ether oxygens (including phenoxy) is 1. The van der Waals surface area contributed by atoms with Crippen molar-refractivity contribution in [1.29, 1.82) is 0 Å². The highest BCUT2D eigenvalue weighted by Gasteiger charge is 2.32. The van der Waals surface area contributed by atoms with E-state index < -0.39 is 21.0 Å². The molecule has 0 bridgehead atoms. The highest BCUT2D eigenvalue weighted by molar-refractivity contribution is 7.91. The number of sulfone groups is 1. The predicted molar refractivity (Wildman–Crippen MR) is 116 cm³/mol. The van der Waals surface area contributed by atoms with Gasteiger partial charge in [0.25, 0.3) is 0 Å². The Morgan fingerprint density at radius 1 is 1.16 bits per heavy atom. The molecule has 31 heavy (non-hydrogen) atoms. The van der Waals surface area contributed by atoms with Gasteiger partial charge in [-0.05, 0) is 19.9 Å². The van der Waals surface area contributed by atoms with Gasteiger partial charge in [0.2, 0.25) is 0 Å². The van der Waals surface area contributed by atoms with E-state index in [9.17, 15) is 8.42 Å². The summed E-state index contributed by atoms with van der Waals surface area (Å²) in [5.74, 6) is 0.549. The van der Waals surface area contributed by atoms with Crippen LogP contribution in [0.4, 0.5) is 0 Å². The molecule has 0 amide bonds. The fraction of sp³-hybridized carbons (Fsp3) is 0.526. The molecule has 0 aliphatic rings. The lowest BCUT2D eigenvalue weighted by Crippen LogP contribution is -2.28. The second-order valence-electron chi connectivity index (χ2n) is 7.55. The van der Waals surface area contributed by atoms with Gasteiger partial charge in [-0.1, -0.05) is 18.5 Å². The molecule has 0 unspecified atom stereocenters. The van der Waals surface area contributed by atoms with Crippen LogP contribution in [0.3, 0.4) is 0 Å². The van der Waals surface area contributed by atoms with E-state index in [2.05, 4.69) is 25.3 Å². The molecule has 0 aliphatic carbocycles. The SMILES string of the molecule is COC[C@H](C)n1c(CS(=O)(=O)[C@@H](C)[C@H](C)c2ncc(Cl)cn2)nnc1-c1ccn(C)n1. The van der Waals surface area contributed by atoms with Crippen LogP contribution in [0.15, 0.2) is 24.7 Å². The normalized spacial score (nSPS) is 15.0. The maximum Gasteiger partial charge on any atom is 0.184 e. The van der Waals surface area contributed by atoms with Crippen molar-refractivity contribution in [2.45, 2.75) is 43.7 Å². The molecule has 0 saturated heterocycles. The fourth-order valence-electron chi connectivity index (χ4n) is 3.30. The summed E-state index contributed by atoms with van der Waals surface area (Å²) in [5.41, 5.74) is 0.609. The first kappa shape index (κ1) is 23.3. The number of methoxy groups -OCH3 is 1. The number of aromatic nitrogens is 7. The summed E-state index contributed by atoms with van der Waals surface area (Å²) in [6.45, 7) is 5.72. The first-order valence-corrected chi connectivity index (χ1v) is 11.8. The summed E-state index contributed by atoms with van der Waals surface area (Å²) >= 11 is 5.84. The molecule has 168 valence electrons.